The first-order valence-electron chi connectivity index (χ1n) is 13.3. The van der Waals surface area contributed by atoms with Gasteiger partial charge < -0.3 is 24.8 Å². The zero-order valence-corrected chi connectivity index (χ0v) is 23.1. The van der Waals surface area contributed by atoms with Gasteiger partial charge >= 0.3 is 12.1 Å². The highest BCUT2D eigenvalue weighted by Crippen LogP contribution is 2.58. The monoisotopic (exact) mass is 570 g/mol. The maximum Gasteiger partial charge on any atom is 0.407 e. The van der Waals surface area contributed by atoms with E-state index in [1.165, 1.54) is 5.56 Å². The molecule has 37 heavy (non-hydrogen) atoms. The molecule has 2 fully saturated rings. The van der Waals surface area contributed by atoms with E-state index in [4.69, 9.17) is 9.47 Å². The molecule has 0 spiro atoms. The molecule has 4 unspecified atom stereocenters. The van der Waals surface area contributed by atoms with Gasteiger partial charge in [0.2, 0.25) is 0 Å². The lowest BCUT2D eigenvalue weighted by molar-refractivity contribution is -0.143. The minimum Gasteiger partial charge on any atom is -0.487 e. The van der Waals surface area contributed by atoms with Crippen molar-refractivity contribution in [3.8, 4) is 5.75 Å². The lowest BCUT2D eigenvalue weighted by Crippen LogP contribution is -2.62. The molecule has 2 bridgehead atoms. The summed E-state index contributed by atoms with van der Waals surface area (Å²) in [5.74, 6) is 0.675. The molecule has 4 atom stereocenters. The van der Waals surface area contributed by atoms with Crippen LogP contribution in [0, 0.1) is 5.92 Å². The number of hydrogen-bond donors (Lipinski definition) is 2. The number of nitrogens with one attached hydrogen (secondary N) is 1. The summed E-state index contributed by atoms with van der Waals surface area (Å²) >= 11 is 3.88. The summed E-state index contributed by atoms with van der Waals surface area (Å²) in [6.07, 6.45) is 5.03. The van der Waals surface area contributed by atoms with Gasteiger partial charge in [-0.15, -0.1) is 0 Å². The molecule has 1 aliphatic heterocycles. The summed E-state index contributed by atoms with van der Waals surface area (Å²) in [6.45, 7) is 4.85. The number of fused-ring (bicyclic) bond motifs is 1. The number of esters is 1. The standard InChI is InChI=1S/C29H35BrN2O5/c1-3-36-27(33)18(2)31-26-24(37-17-19-9-5-4-6-10-19)16-22-20(25(26)30)15-23-21-11-7-8-12-29(21,22)13-14-32(23)28(34)35/h4-6,9-10,16,18,21,23,31H,3,7-8,11-15,17H2,1-2H3,(H,34,35). The molecule has 1 saturated carbocycles. The Morgan fingerprint density at radius 3 is 2.76 bits per heavy atom. The van der Waals surface area contributed by atoms with E-state index in [1.807, 2.05) is 30.3 Å². The Kier molecular flexibility index (Phi) is 7.39. The van der Waals surface area contributed by atoms with Crippen LogP contribution in [0.4, 0.5) is 10.5 Å². The smallest absolute Gasteiger partial charge is 0.407 e. The molecule has 0 aromatic heterocycles. The number of nitrogens with zero attached hydrogens (tertiary/aromatic N) is 1. The first kappa shape index (κ1) is 25.9. The first-order valence-corrected chi connectivity index (χ1v) is 14.1. The number of carbonyl (C=O) groups excluding carboxylic acids is 1. The van der Waals surface area contributed by atoms with Gasteiger partial charge in [0.1, 0.15) is 18.4 Å². The number of piperidine rings is 1. The van der Waals surface area contributed by atoms with Crippen LogP contribution < -0.4 is 10.1 Å². The van der Waals surface area contributed by atoms with Crippen molar-refractivity contribution < 1.29 is 24.2 Å². The van der Waals surface area contributed by atoms with Gasteiger partial charge in [0, 0.05) is 22.5 Å². The molecule has 5 rings (SSSR count). The number of benzene rings is 2. The molecule has 1 saturated heterocycles. The van der Waals surface area contributed by atoms with Crippen molar-refractivity contribution >= 4 is 33.7 Å². The number of amides is 1. The van der Waals surface area contributed by atoms with Gasteiger partial charge in [-0.3, -0.25) is 0 Å². The van der Waals surface area contributed by atoms with Crippen LogP contribution in [0.15, 0.2) is 40.9 Å². The summed E-state index contributed by atoms with van der Waals surface area (Å²) in [5, 5.41) is 13.3. The molecule has 0 radical (unpaired) electrons. The lowest BCUT2D eigenvalue weighted by atomic mass is 9.52. The van der Waals surface area contributed by atoms with Crippen molar-refractivity contribution in [3.63, 3.8) is 0 Å². The molecule has 1 heterocycles. The molecule has 1 amide bonds. The van der Waals surface area contributed by atoms with Crippen molar-refractivity contribution in [3.05, 3.63) is 57.6 Å². The van der Waals surface area contributed by atoms with E-state index in [1.54, 1.807) is 18.7 Å². The van der Waals surface area contributed by atoms with E-state index in [2.05, 4.69) is 27.3 Å². The van der Waals surface area contributed by atoms with Crippen LogP contribution in [-0.4, -0.2) is 47.3 Å². The third-order valence-corrected chi connectivity index (χ3v) is 9.40. The Morgan fingerprint density at radius 2 is 2.03 bits per heavy atom. The van der Waals surface area contributed by atoms with Crippen LogP contribution in [-0.2, 0) is 28.0 Å². The van der Waals surface area contributed by atoms with Gasteiger partial charge in [0.05, 0.1) is 12.3 Å². The highest BCUT2D eigenvalue weighted by molar-refractivity contribution is 9.10. The van der Waals surface area contributed by atoms with Gasteiger partial charge in [-0.2, -0.15) is 0 Å². The average molecular weight is 572 g/mol. The zero-order valence-electron chi connectivity index (χ0n) is 21.5. The molecular weight excluding hydrogens is 536 g/mol. The Hall–Kier alpha value is -2.74. The Morgan fingerprint density at radius 1 is 1.24 bits per heavy atom. The predicted molar refractivity (Wildman–Crippen MR) is 145 cm³/mol. The SMILES string of the molecule is CCOC(=O)C(C)Nc1c(OCc2ccccc2)cc2c(c1Br)CC1C3CCCCC23CCN1C(=O)O. The van der Waals surface area contributed by atoms with E-state index in [-0.39, 0.29) is 17.4 Å². The highest BCUT2D eigenvalue weighted by Gasteiger charge is 2.55. The maximum atomic E-state index is 12.5. The second-order valence-electron chi connectivity index (χ2n) is 10.5. The molecule has 7 nitrogen and oxygen atoms in total. The number of likely N-dealkylation sites (tertiary alicyclic amines) is 1. The number of carbonyl (C=O) groups is 2. The van der Waals surface area contributed by atoms with Crippen molar-refractivity contribution in [1.29, 1.82) is 0 Å². The third kappa shape index (κ3) is 4.69. The van der Waals surface area contributed by atoms with Gasteiger partial charge in [-0.1, -0.05) is 43.2 Å². The van der Waals surface area contributed by atoms with Crippen LogP contribution >= 0.6 is 15.9 Å². The molecular formula is C29H35BrN2O5. The second-order valence-corrected chi connectivity index (χ2v) is 11.3. The average Bonchev–Trinajstić information content (AvgIpc) is 2.90. The second kappa shape index (κ2) is 10.6. The maximum absolute atomic E-state index is 12.5. The highest BCUT2D eigenvalue weighted by atomic mass is 79.9. The topological polar surface area (TPSA) is 88.1 Å². The van der Waals surface area contributed by atoms with E-state index in [9.17, 15) is 14.7 Å². The van der Waals surface area contributed by atoms with Gasteiger partial charge in [-0.05, 0) is 84.1 Å². The van der Waals surface area contributed by atoms with Gasteiger partial charge in [-0.25, -0.2) is 9.59 Å². The molecule has 198 valence electrons. The van der Waals surface area contributed by atoms with Gasteiger partial charge in [0.15, 0.2) is 0 Å². The molecule has 2 aliphatic carbocycles. The summed E-state index contributed by atoms with van der Waals surface area (Å²) in [7, 11) is 0. The number of ether oxygens (including phenoxy) is 2. The molecule has 8 heteroatoms. The fraction of sp³-hybridized carbons (Fsp3) is 0.517. The molecule has 2 aromatic carbocycles. The Bertz CT molecular complexity index is 1170. The summed E-state index contributed by atoms with van der Waals surface area (Å²) in [4.78, 5) is 26.3. The normalized spacial score (nSPS) is 24.9. The van der Waals surface area contributed by atoms with Crippen LogP contribution in [0.5, 0.6) is 5.75 Å². The molecule has 2 aromatic rings. The van der Waals surface area contributed by atoms with Crippen LogP contribution in [0.3, 0.4) is 0 Å². The number of carboxylic acid groups (broad SMARTS) is 1. The van der Waals surface area contributed by atoms with Crippen molar-refractivity contribution in [2.75, 3.05) is 18.5 Å². The van der Waals surface area contributed by atoms with Crippen LogP contribution in [0.1, 0.15) is 62.6 Å². The lowest BCUT2D eigenvalue weighted by Gasteiger charge is -2.58. The number of halogens is 1. The van der Waals surface area contributed by atoms with E-state index >= 15 is 0 Å². The van der Waals surface area contributed by atoms with E-state index in [0.29, 0.717) is 43.5 Å². The van der Waals surface area contributed by atoms with E-state index < -0.39 is 12.1 Å². The number of anilines is 1. The van der Waals surface area contributed by atoms with Gasteiger partial charge in [0.25, 0.3) is 0 Å². The molecule has 3 aliphatic rings. The fourth-order valence-electron chi connectivity index (χ4n) is 6.85. The Labute approximate surface area is 226 Å². The van der Waals surface area contributed by atoms with Crippen molar-refractivity contribution in [2.24, 2.45) is 5.92 Å². The predicted octanol–water partition coefficient (Wildman–Crippen LogP) is 6.13. The summed E-state index contributed by atoms with van der Waals surface area (Å²) in [5.41, 5.74) is 4.12. The molecule has 2 N–H and O–H groups in total. The third-order valence-electron chi connectivity index (χ3n) is 8.53. The van der Waals surface area contributed by atoms with E-state index in [0.717, 1.165) is 47.7 Å². The minimum atomic E-state index is -0.833. The largest absolute Gasteiger partial charge is 0.487 e. The Balaban J connectivity index is 1.59. The first-order chi connectivity index (χ1) is 17.9. The van der Waals surface area contributed by atoms with Crippen LogP contribution in [0.25, 0.3) is 0 Å². The fourth-order valence-corrected chi connectivity index (χ4v) is 7.53. The number of rotatable bonds is 7. The summed E-state index contributed by atoms with van der Waals surface area (Å²) < 4.78 is 12.5. The van der Waals surface area contributed by atoms with Crippen LogP contribution in [0.2, 0.25) is 0 Å². The zero-order chi connectivity index (χ0) is 26.2. The van der Waals surface area contributed by atoms with Crippen molar-refractivity contribution in [1.82, 2.24) is 4.90 Å². The summed E-state index contributed by atoms with van der Waals surface area (Å²) in [6, 6.07) is 11.6. The quantitative estimate of drug-likeness (QED) is 0.389. The number of hydrogen-bond acceptors (Lipinski definition) is 5. The minimum absolute atomic E-state index is 0.0400. The van der Waals surface area contributed by atoms with Crippen molar-refractivity contribution in [2.45, 2.75) is 76.5 Å².